The highest BCUT2D eigenvalue weighted by Crippen LogP contribution is 2.66. The molecule has 7 atom stereocenters. The maximum absolute atomic E-state index is 13.0. The van der Waals surface area contributed by atoms with E-state index in [1.54, 1.807) is 20.8 Å². The Morgan fingerprint density at radius 3 is 2.44 bits per heavy atom. The minimum absolute atomic E-state index is 0.0255. The predicted octanol–water partition coefficient (Wildman–Crippen LogP) is 7.80. The van der Waals surface area contributed by atoms with E-state index >= 15 is 0 Å². The Kier molecular flexibility index (Phi) is 9.70. The van der Waals surface area contributed by atoms with Crippen LogP contribution in [0.2, 0.25) is 0 Å². The van der Waals surface area contributed by atoms with E-state index in [2.05, 4.69) is 42.4 Å². The van der Waals surface area contributed by atoms with Crippen LogP contribution in [0.25, 0.3) is 5.57 Å². The van der Waals surface area contributed by atoms with Crippen molar-refractivity contribution < 1.29 is 23.9 Å². The Morgan fingerprint density at radius 2 is 1.71 bits per heavy atom. The molecule has 2 aromatic rings. The van der Waals surface area contributed by atoms with Gasteiger partial charge in [-0.3, -0.25) is 14.6 Å². The SMILES string of the molecule is CC(C)(C)OC(=O)[C@H](Cc1ccccc1)NC(=O)CCC(=O)O[C@H]1CC[C@@]2(C)C(=CC[C@@H]3[C@@H]2CC[C@]2(C)C(c4cccnc4)=CC[C@@H]32)C1. The minimum Gasteiger partial charge on any atom is -0.462 e. The summed E-state index contributed by atoms with van der Waals surface area (Å²) in [6.07, 6.45) is 16.2. The first-order valence-electron chi connectivity index (χ1n) is 17.9. The number of carbonyl (C=O) groups excluding carboxylic acids is 3. The average Bonchev–Trinajstić information content (AvgIpc) is 3.41. The summed E-state index contributed by atoms with van der Waals surface area (Å²) in [5, 5.41) is 2.81. The quantitative estimate of drug-likeness (QED) is 0.220. The van der Waals surface area contributed by atoms with Gasteiger partial charge in [-0.2, -0.15) is 0 Å². The van der Waals surface area contributed by atoms with Gasteiger partial charge in [-0.1, -0.05) is 68.0 Å². The van der Waals surface area contributed by atoms with Crippen LogP contribution in [-0.4, -0.2) is 40.6 Å². The number of ether oxygens (including phenoxy) is 2. The number of carbonyl (C=O) groups is 3. The molecule has 6 rings (SSSR count). The summed E-state index contributed by atoms with van der Waals surface area (Å²) in [6.45, 7) is 10.3. The number of hydrogen-bond acceptors (Lipinski definition) is 6. The van der Waals surface area contributed by atoms with Crippen molar-refractivity contribution in [3.05, 3.63) is 83.7 Å². The molecule has 1 aromatic carbocycles. The monoisotopic (exact) mass is 652 g/mol. The number of esters is 2. The van der Waals surface area contributed by atoms with Gasteiger partial charge < -0.3 is 14.8 Å². The summed E-state index contributed by atoms with van der Waals surface area (Å²) in [5.41, 5.74) is 4.78. The van der Waals surface area contributed by atoms with Crippen LogP contribution >= 0.6 is 0 Å². The molecule has 2 fully saturated rings. The van der Waals surface area contributed by atoms with Crippen LogP contribution in [0.1, 0.15) is 104 Å². The third kappa shape index (κ3) is 7.16. The minimum atomic E-state index is -0.840. The number of aromatic nitrogens is 1. The van der Waals surface area contributed by atoms with Crippen molar-refractivity contribution in [2.24, 2.45) is 28.6 Å². The van der Waals surface area contributed by atoms with Gasteiger partial charge in [0.15, 0.2) is 0 Å². The normalized spacial score (nSPS) is 30.0. The van der Waals surface area contributed by atoms with Gasteiger partial charge >= 0.3 is 11.9 Å². The molecule has 1 aromatic heterocycles. The fourth-order valence-electron chi connectivity index (χ4n) is 9.41. The van der Waals surface area contributed by atoms with Crippen LogP contribution in [0.5, 0.6) is 0 Å². The molecule has 1 amide bonds. The van der Waals surface area contributed by atoms with Gasteiger partial charge in [0, 0.05) is 31.7 Å². The van der Waals surface area contributed by atoms with Gasteiger partial charge in [-0.25, -0.2) is 4.79 Å². The molecule has 7 nitrogen and oxygen atoms in total. The molecular formula is C41H52N2O5. The molecular weight excluding hydrogens is 600 g/mol. The van der Waals surface area contributed by atoms with Crippen LogP contribution in [0, 0.1) is 28.6 Å². The highest BCUT2D eigenvalue weighted by molar-refractivity contribution is 5.86. The van der Waals surface area contributed by atoms with Crippen molar-refractivity contribution >= 4 is 23.4 Å². The highest BCUT2D eigenvalue weighted by atomic mass is 16.6. The Morgan fingerprint density at radius 1 is 0.938 bits per heavy atom. The maximum atomic E-state index is 13.0. The first-order valence-corrected chi connectivity index (χ1v) is 17.9. The van der Waals surface area contributed by atoms with Crippen LogP contribution in [-0.2, 0) is 30.3 Å². The zero-order chi connectivity index (χ0) is 34.1. The highest BCUT2D eigenvalue weighted by Gasteiger charge is 2.57. The van der Waals surface area contributed by atoms with E-state index in [0.29, 0.717) is 24.2 Å². The van der Waals surface area contributed by atoms with Crippen LogP contribution in [0.15, 0.2) is 72.6 Å². The van der Waals surface area contributed by atoms with E-state index in [0.717, 1.165) is 37.7 Å². The maximum Gasteiger partial charge on any atom is 0.329 e. The lowest BCUT2D eigenvalue weighted by Crippen LogP contribution is -2.50. The number of allylic oxidation sites excluding steroid dienone is 3. The van der Waals surface area contributed by atoms with Gasteiger partial charge in [0.2, 0.25) is 5.91 Å². The molecule has 4 aliphatic rings. The van der Waals surface area contributed by atoms with Crippen molar-refractivity contribution in [2.45, 2.75) is 117 Å². The Hall–Kier alpha value is -3.74. The van der Waals surface area contributed by atoms with E-state index in [-0.39, 0.29) is 41.7 Å². The molecule has 1 heterocycles. The zero-order valence-electron chi connectivity index (χ0n) is 29.3. The fourth-order valence-corrected chi connectivity index (χ4v) is 9.41. The lowest BCUT2D eigenvalue weighted by atomic mass is 9.47. The van der Waals surface area contributed by atoms with Crippen molar-refractivity contribution in [1.82, 2.24) is 10.3 Å². The van der Waals surface area contributed by atoms with E-state index in [9.17, 15) is 14.4 Å². The van der Waals surface area contributed by atoms with Crippen molar-refractivity contribution in [2.75, 3.05) is 0 Å². The van der Waals surface area contributed by atoms with Crippen LogP contribution < -0.4 is 5.32 Å². The molecule has 48 heavy (non-hydrogen) atoms. The number of nitrogens with one attached hydrogen (secondary N) is 1. The summed E-state index contributed by atoms with van der Waals surface area (Å²) in [4.78, 5) is 43.2. The fraction of sp³-hybridized carbons (Fsp3) is 0.561. The number of fused-ring (bicyclic) bond motifs is 5. The molecule has 0 spiro atoms. The van der Waals surface area contributed by atoms with E-state index in [1.807, 2.05) is 48.8 Å². The Balaban J connectivity index is 1.02. The number of nitrogens with zero attached hydrogens (tertiary/aromatic N) is 1. The molecule has 256 valence electrons. The molecule has 7 heteroatoms. The lowest BCUT2D eigenvalue weighted by molar-refractivity contribution is -0.158. The second-order valence-corrected chi connectivity index (χ2v) is 16.0. The lowest BCUT2D eigenvalue weighted by Gasteiger charge is -2.57. The second-order valence-electron chi connectivity index (χ2n) is 16.0. The van der Waals surface area contributed by atoms with Crippen LogP contribution in [0.4, 0.5) is 0 Å². The molecule has 0 saturated heterocycles. The first kappa shape index (κ1) is 34.1. The number of amides is 1. The van der Waals surface area contributed by atoms with Crippen molar-refractivity contribution in [3.8, 4) is 0 Å². The first-order chi connectivity index (χ1) is 22.9. The average molecular weight is 653 g/mol. The van der Waals surface area contributed by atoms with Crippen LogP contribution in [0.3, 0.4) is 0 Å². The second kappa shape index (κ2) is 13.6. The summed E-state index contributed by atoms with van der Waals surface area (Å²) in [7, 11) is 0. The number of pyridine rings is 1. The van der Waals surface area contributed by atoms with E-state index in [4.69, 9.17) is 9.47 Å². The summed E-state index contributed by atoms with van der Waals surface area (Å²) in [6, 6.07) is 12.9. The van der Waals surface area contributed by atoms with Gasteiger partial charge in [0.1, 0.15) is 17.7 Å². The molecule has 0 unspecified atom stereocenters. The zero-order valence-corrected chi connectivity index (χ0v) is 29.3. The number of hydrogen-bond donors (Lipinski definition) is 1. The largest absolute Gasteiger partial charge is 0.462 e. The summed E-state index contributed by atoms with van der Waals surface area (Å²) >= 11 is 0. The summed E-state index contributed by atoms with van der Waals surface area (Å²) in [5.74, 6) is 0.728. The van der Waals surface area contributed by atoms with E-state index < -0.39 is 17.6 Å². The molecule has 0 bridgehead atoms. The van der Waals surface area contributed by atoms with Gasteiger partial charge in [0.25, 0.3) is 0 Å². The molecule has 1 N–H and O–H groups in total. The van der Waals surface area contributed by atoms with Gasteiger partial charge in [-0.15, -0.1) is 0 Å². The molecule has 0 aliphatic heterocycles. The topological polar surface area (TPSA) is 94.6 Å². The molecule has 2 saturated carbocycles. The Bertz CT molecular complexity index is 1560. The predicted molar refractivity (Wildman–Crippen MR) is 186 cm³/mol. The smallest absolute Gasteiger partial charge is 0.329 e. The number of benzene rings is 1. The molecule has 0 radical (unpaired) electrons. The Labute approximate surface area is 286 Å². The van der Waals surface area contributed by atoms with Crippen molar-refractivity contribution in [1.29, 1.82) is 0 Å². The summed E-state index contributed by atoms with van der Waals surface area (Å²) < 4.78 is 11.5. The van der Waals surface area contributed by atoms with Crippen molar-refractivity contribution in [3.63, 3.8) is 0 Å². The van der Waals surface area contributed by atoms with Gasteiger partial charge in [-0.05, 0) is 111 Å². The van der Waals surface area contributed by atoms with E-state index in [1.165, 1.54) is 29.6 Å². The number of rotatable bonds is 9. The van der Waals surface area contributed by atoms with Gasteiger partial charge in [0.05, 0.1) is 6.42 Å². The third-order valence-corrected chi connectivity index (χ3v) is 11.8. The third-order valence-electron chi connectivity index (χ3n) is 11.8. The molecule has 4 aliphatic carbocycles. The standard InChI is InChI=1S/C41H52N2O5/c1-39(2,3)48-38(46)35(24-27-10-7-6-8-11-27)43-36(44)17-18-37(45)47-30-19-21-40(4)29(25-30)13-14-31-33-16-15-32(28-12-9-23-42-26-28)41(33,5)22-20-34(31)40/h6-13,15,23,26,30-31,33-35H,14,16-22,24-25H2,1-5H3,(H,43,44)/t30-,31-,33-,34-,35-,40-,41+/m0/s1.